The number of benzene rings is 2. The summed E-state index contributed by atoms with van der Waals surface area (Å²) in [6, 6.07) is 16.5. The lowest BCUT2D eigenvalue weighted by atomic mass is 10.00. The quantitative estimate of drug-likeness (QED) is 0.449. The van der Waals surface area contributed by atoms with Gasteiger partial charge in [-0.2, -0.15) is 0 Å². The fourth-order valence-corrected chi connectivity index (χ4v) is 4.32. The third-order valence-electron chi connectivity index (χ3n) is 4.68. The van der Waals surface area contributed by atoms with Gasteiger partial charge in [0.05, 0.1) is 13.4 Å². The first-order valence-corrected chi connectivity index (χ1v) is 10.4. The van der Waals surface area contributed by atoms with E-state index in [9.17, 15) is 0 Å². The molecule has 0 fully saturated rings. The van der Waals surface area contributed by atoms with Crippen LogP contribution in [0.25, 0.3) is 0 Å². The normalized spacial score (nSPS) is 13.3. The Hall–Kier alpha value is -1.91. The van der Waals surface area contributed by atoms with E-state index in [0.29, 0.717) is 0 Å². The largest absolute Gasteiger partial charge is 0.497 e. The Kier molecular flexibility index (Phi) is 6.86. The van der Waals surface area contributed by atoms with Crippen molar-refractivity contribution < 1.29 is 4.74 Å². The number of rotatable bonds is 9. The van der Waals surface area contributed by atoms with Gasteiger partial charge in [-0.05, 0) is 55.2 Å². The van der Waals surface area contributed by atoms with Crippen molar-refractivity contribution in [1.29, 1.82) is 0 Å². The minimum atomic E-state index is 0.0975. The van der Waals surface area contributed by atoms with Gasteiger partial charge in [0.2, 0.25) is 0 Å². The van der Waals surface area contributed by atoms with E-state index in [2.05, 4.69) is 40.7 Å². The molecule has 27 heavy (non-hydrogen) atoms. The molecule has 0 bridgehead atoms. The zero-order chi connectivity index (χ0) is 19.1. The second-order valence-electron chi connectivity index (χ2n) is 6.95. The number of methoxy groups -OCH3 is 1. The van der Waals surface area contributed by atoms with Crippen molar-refractivity contribution in [1.82, 2.24) is 9.55 Å². The molecule has 1 aromatic heterocycles. The van der Waals surface area contributed by atoms with E-state index in [0.717, 1.165) is 35.9 Å². The first-order chi connectivity index (χ1) is 13.1. The third kappa shape index (κ3) is 6.05. The van der Waals surface area contributed by atoms with Gasteiger partial charge < -0.3 is 9.30 Å². The summed E-state index contributed by atoms with van der Waals surface area (Å²) in [5.74, 6) is 1.86. The Morgan fingerprint density at radius 2 is 1.78 bits per heavy atom. The van der Waals surface area contributed by atoms with Crippen LogP contribution in [0.15, 0.2) is 67.3 Å². The molecule has 1 heterocycles. The van der Waals surface area contributed by atoms with Crippen molar-refractivity contribution >= 4 is 23.4 Å². The Morgan fingerprint density at radius 1 is 1.07 bits per heavy atom. The van der Waals surface area contributed by atoms with Crippen LogP contribution in [0.4, 0.5) is 0 Å². The summed E-state index contributed by atoms with van der Waals surface area (Å²) in [4.78, 5) is 4.20. The van der Waals surface area contributed by atoms with E-state index in [1.54, 1.807) is 7.11 Å². The highest BCUT2D eigenvalue weighted by atomic mass is 35.5. The highest BCUT2D eigenvalue weighted by Gasteiger charge is 2.25. The molecule has 1 unspecified atom stereocenters. The molecule has 5 heteroatoms. The lowest BCUT2D eigenvalue weighted by molar-refractivity contribution is 0.414. The van der Waals surface area contributed by atoms with Crippen molar-refractivity contribution in [2.24, 2.45) is 0 Å². The highest BCUT2D eigenvalue weighted by molar-refractivity contribution is 7.99. The summed E-state index contributed by atoms with van der Waals surface area (Å²) < 4.78 is 7.52. The molecular weight excluding hydrogens is 376 g/mol. The molecule has 0 radical (unpaired) electrons. The molecule has 1 atom stereocenters. The number of thioether (sulfide) groups is 1. The Morgan fingerprint density at radius 3 is 2.41 bits per heavy atom. The van der Waals surface area contributed by atoms with Crippen LogP contribution in [0.1, 0.15) is 24.5 Å². The molecule has 0 N–H and O–H groups in total. The molecule has 0 aliphatic rings. The molecule has 142 valence electrons. The molecule has 0 saturated carbocycles. The summed E-state index contributed by atoms with van der Waals surface area (Å²) in [5, 5.41) is 0.786. The topological polar surface area (TPSA) is 27.1 Å². The lowest BCUT2D eigenvalue weighted by Gasteiger charge is -2.30. The van der Waals surface area contributed by atoms with Gasteiger partial charge in [0, 0.05) is 34.5 Å². The minimum Gasteiger partial charge on any atom is -0.497 e. The van der Waals surface area contributed by atoms with E-state index in [1.807, 2.05) is 54.7 Å². The number of aromatic nitrogens is 2. The van der Waals surface area contributed by atoms with Crippen LogP contribution >= 0.6 is 23.4 Å². The van der Waals surface area contributed by atoms with Gasteiger partial charge in [0.1, 0.15) is 5.75 Å². The van der Waals surface area contributed by atoms with E-state index in [1.165, 1.54) is 11.1 Å². The van der Waals surface area contributed by atoms with E-state index in [4.69, 9.17) is 16.3 Å². The predicted octanol–water partition coefficient (Wildman–Crippen LogP) is 5.87. The fourth-order valence-electron chi connectivity index (χ4n) is 3.00. The average Bonchev–Trinajstić information content (AvgIpc) is 3.19. The summed E-state index contributed by atoms with van der Waals surface area (Å²) in [6.45, 7) is 3.28. The summed E-state index contributed by atoms with van der Waals surface area (Å²) in [5.41, 5.74) is 2.63. The maximum Gasteiger partial charge on any atom is 0.118 e. The second-order valence-corrected chi connectivity index (χ2v) is 8.95. The zero-order valence-electron chi connectivity index (χ0n) is 15.8. The van der Waals surface area contributed by atoms with Gasteiger partial charge >= 0.3 is 0 Å². The standard InChI is InChI=1S/C22H25ClN2OS/c1-22(16-25-14-13-24-17-25,12-11-18-3-7-20(23)8-4-18)27-15-19-5-9-21(26-2)10-6-19/h3-10,13-14,17H,11-12,15-16H2,1-2H3. The number of hydrogen-bond acceptors (Lipinski definition) is 3. The summed E-state index contributed by atoms with van der Waals surface area (Å²) in [7, 11) is 1.70. The molecule has 3 rings (SSSR count). The monoisotopic (exact) mass is 400 g/mol. The van der Waals surface area contributed by atoms with Gasteiger partial charge in [-0.25, -0.2) is 4.98 Å². The number of ether oxygens (including phenoxy) is 1. The van der Waals surface area contributed by atoms with Gasteiger partial charge in [-0.1, -0.05) is 35.9 Å². The maximum absolute atomic E-state index is 6.01. The van der Waals surface area contributed by atoms with Crippen molar-refractivity contribution in [3.63, 3.8) is 0 Å². The molecule has 0 aliphatic carbocycles. The van der Waals surface area contributed by atoms with Crippen LogP contribution in [-0.4, -0.2) is 21.4 Å². The first kappa shape index (κ1) is 19.8. The van der Waals surface area contributed by atoms with Crippen LogP contribution in [0.3, 0.4) is 0 Å². The maximum atomic E-state index is 6.01. The minimum absolute atomic E-state index is 0.0975. The van der Waals surface area contributed by atoms with E-state index in [-0.39, 0.29) is 4.75 Å². The fraction of sp³-hybridized carbons (Fsp3) is 0.318. The lowest BCUT2D eigenvalue weighted by Crippen LogP contribution is -2.27. The molecule has 3 aromatic rings. The number of halogens is 1. The van der Waals surface area contributed by atoms with Crippen LogP contribution in [0, 0.1) is 0 Å². The number of hydrogen-bond donors (Lipinski definition) is 0. The van der Waals surface area contributed by atoms with E-state index < -0.39 is 0 Å². The Labute approximate surface area is 170 Å². The van der Waals surface area contributed by atoms with Gasteiger partial charge in [-0.3, -0.25) is 0 Å². The first-order valence-electron chi connectivity index (χ1n) is 9.03. The van der Waals surface area contributed by atoms with Crippen LogP contribution in [0.2, 0.25) is 5.02 Å². The molecule has 0 saturated heterocycles. The van der Waals surface area contributed by atoms with Gasteiger partial charge in [-0.15, -0.1) is 11.8 Å². The number of aryl methyl sites for hydroxylation is 1. The van der Waals surface area contributed by atoms with Crippen molar-refractivity contribution in [2.45, 2.75) is 36.8 Å². The predicted molar refractivity (Wildman–Crippen MR) is 115 cm³/mol. The smallest absolute Gasteiger partial charge is 0.118 e. The molecule has 2 aromatic carbocycles. The third-order valence-corrected chi connectivity index (χ3v) is 6.44. The van der Waals surface area contributed by atoms with Gasteiger partial charge in [0.15, 0.2) is 0 Å². The molecule has 0 spiro atoms. The molecule has 0 aliphatic heterocycles. The summed E-state index contributed by atoms with van der Waals surface area (Å²) >= 11 is 8.01. The van der Waals surface area contributed by atoms with Crippen LogP contribution < -0.4 is 4.74 Å². The van der Waals surface area contributed by atoms with Crippen molar-refractivity contribution in [3.05, 3.63) is 83.4 Å². The highest BCUT2D eigenvalue weighted by Crippen LogP contribution is 2.35. The number of nitrogens with zero attached hydrogens (tertiary/aromatic N) is 2. The van der Waals surface area contributed by atoms with Crippen molar-refractivity contribution in [3.8, 4) is 5.75 Å². The summed E-state index contributed by atoms with van der Waals surface area (Å²) in [6.07, 6.45) is 7.88. The molecular formula is C22H25ClN2OS. The van der Waals surface area contributed by atoms with Crippen molar-refractivity contribution in [2.75, 3.05) is 7.11 Å². The molecule has 3 nitrogen and oxygen atoms in total. The average molecular weight is 401 g/mol. The van der Waals surface area contributed by atoms with Gasteiger partial charge in [0.25, 0.3) is 0 Å². The number of imidazole rings is 1. The second kappa shape index (κ2) is 9.34. The van der Waals surface area contributed by atoms with E-state index >= 15 is 0 Å². The van der Waals surface area contributed by atoms with Crippen LogP contribution in [0.5, 0.6) is 5.75 Å². The Bertz CT molecular complexity index is 819. The Balaban J connectivity index is 1.67. The SMILES string of the molecule is COc1ccc(CSC(C)(CCc2ccc(Cl)cc2)Cn2ccnc2)cc1. The van der Waals surface area contributed by atoms with Crippen LogP contribution in [-0.2, 0) is 18.7 Å². The zero-order valence-corrected chi connectivity index (χ0v) is 17.3. The molecule has 0 amide bonds.